The van der Waals surface area contributed by atoms with Gasteiger partial charge in [0.1, 0.15) is 0 Å². The van der Waals surface area contributed by atoms with Crippen molar-refractivity contribution in [1.29, 1.82) is 0 Å². The molecule has 0 aliphatic rings. The Morgan fingerprint density at radius 1 is 1.20 bits per heavy atom. The Hall–Kier alpha value is -1.42. The first-order valence-electron chi connectivity index (χ1n) is 4.50. The second-order valence-electron chi connectivity index (χ2n) is 3.17. The Morgan fingerprint density at radius 3 is 2.60 bits per heavy atom. The maximum absolute atomic E-state index is 11.4. The number of halogens is 1. The summed E-state index contributed by atoms with van der Waals surface area (Å²) in [5, 5.41) is 0. The predicted octanol–water partition coefficient (Wildman–Crippen LogP) is 2.05. The SMILES string of the molecule is O=c1ccncn1Cc1ccc(Br)cc1. The molecular formula is C11H9BrN2O. The summed E-state index contributed by atoms with van der Waals surface area (Å²) in [6.45, 7) is 0.556. The molecule has 0 amide bonds. The van der Waals surface area contributed by atoms with Crippen molar-refractivity contribution >= 4 is 15.9 Å². The normalized spacial score (nSPS) is 10.2. The van der Waals surface area contributed by atoms with Crippen LogP contribution in [0, 0.1) is 0 Å². The Labute approximate surface area is 95.5 Å². The quantitative estimate of drug-likeness (QED) is 0.833. The maximum atomic E-state index is 11.4. The van der Waals surface area contributed by atoms with Crippen molar-refractivity contribution in [2.24, 2.45) is 0 Å². The molecule has 1 heterocycles. The van der Waals surface area contributed by atoms with Gasteiger partial charge in [0.15, 0.2) is 0 Å². The van der Waals surface area contributed by atoms with Gasteiger partial charge in [0.25, 0.3) is 5.56 Å². The minimum Gasteiger partial charge on any atom is -0.295 e. The molecular weight excluding hydrogens is 256 g/mol. The molecule has 15 heavy (non-hydrogen) atoms. The van der Waals surface area contributed by atoms with Gasteiger partial charge in [0, 0.05) is 16.7 Å². The van der Waals surface area contributed by atoms with Crippen molar-refractivity contribution in [3.63, 3.8) is 0 Å². The van der Waals surface area contributed by atoms with Crippen LogP contribution in [0.4, 0.5) is 0 Å². The van der Waals surface area contributed by atoms with Gasteiger partial charge < -0.3 is 0 Å². The fourth-order valence-electron chi connectivity index (χ4n) is 1.28. The molecule has 0 unspecified atom stereocenters. The molecule has 4 heteroatoms. The zero-order valence-corrected chi connectivity index (χ0v) is 9.52. The van der Waals surface area contributed by atoms with Gasteiger partial charge in [-0.15, -0.1) is 0 Å². The van der Waals surface area contributed by atoms with E-state index in [1.807, 2.05) is 24.3 Å². The molecule has 0 aliphatic carbocycles. The van der Waals surface area contributed by atoms with E-state index in [9.17, 15) is 4.79 Å². The minimum absolute atomic E-state index is 0.0343. The van der Waals surface area contributed by atoms with Crippen molar-refractivity contribution in [1.82, 2.24) is 9.55 Å². The first-order chi connectivity index (χ1) is 7.25. The summed E-state index contributed by atoms with van der Waals surface area (Å²) < 4.78 is 2.60. The molecule has 0 saturated carbocycles. The van der Waals surface area contributed by atoms with Crippen LogP contribution >= 0.6 is 15.9 Å². The van der Waals surface area contributed by atoms with Crippen LogP contribution in [0.1, 0.15) is 5.56 Å². The summed E-state index contributed by atoms with van der Waals surface area (Å²) >= 11 is 3.36. The number of nitrogens with zero attached hydrogens (tertiary/aromatic N) is 2. The molecule has 0 N–H and O–H groups in total. The highest BCUT2D eigenvalue weighted by Gasteiger charge is 1.96. The number of aromatic nitrogens is 2. The topological polar surface area (TPSA) is 34.9 Å². The second-order valence-corrected chi connectivity index (χ2v) is 4.09. The van der Waals surface area contributed by atoms with Gasteiger partial charge >= 0.3 is 0 Å². The van der Waals surface area contributed by atoms with Crippen molar-refractivity contribution in [3.8, 4) is 0 Å². The van der Waals surface area contributed by atoms with Gasteiger partial charge in [-0.05, 0) is 17.7 Å². The zero-order chi connectivity index (χ0) is 10.7. The van der Waals surface area contributed by atoms with Gasteiger partial charge in [-0.2, -0.15) is 0 Å². The Morgan fingerprint density at radius 2 is 1.93 bits per heavy atom. The van der Waals surface area contributed by atoms with Gasteiger partial charge in [-0.1, -0.05) is 28.1 Å². The van der Waals surface area contributed by atoms with Crippen LogP contribution in [0.5, 0.6) is 0 Å². The molecule has 0 atom stereocenters. The van der Waals surface area contributed by atoms with Crippen molar-refractivity contribution in [2.75, 3.05) is 0 Å². The van der Waals surface area contributed by atoms with E-state index in [1.54, 1.807) is 10.9 Å². The molecule has 0 spiro atoms. The second kappa shape index (κ2) is 4.40. The average Bonchev–Trinajstić information content (AvgIpc) is 2.25. The lowest BCUT2D eigenvalue weighted by atomic mass is 10.2. The van der Waals surface area contributed by atoms with E-state index in [0.717, 1.165) is 10.0 Å². The molecule has 3 nitrogen and oxygen atoms in total. The zero-order valence-electron chi connectivity index (χ0n) is 7.93. The molecule has 2 aromatic rings. The molecule has 0 fully saturated rings. The van der Waals surface area contributed by atoms with Crippen molar-refractivity contribution in [3.05, 3.63) is 63.2 Å². The number of benzene rings is 1. The van der Waals surface area contributed by atoms with Crippen LogP contribution in [0.3, 0.4) is 0 Å². The maximum Gasteiger partial charge on any atom is 0.253 e. The van der Waals surface area contributed by atoms with Crippen molar-refractivity contribution in [2.45, 2.75) is 6.54 Å². The van der Waals surface area contributed by atoms with Gasteiger partial charge in [-0.3, -0.25) is 9.36 Å². The summed E-state index contributed by atoms with van der Waals surface area (Å²) in [5.41, 5.74) is 1.04. The van der Waals surface area contributed by atoms with E-state index in [-0.39, 0.29) is 5.56 Å². The molecule has 0 radical (unpaired) electrons. The van der Waals surface area contributed by atoms with Crippen LogP contribution in [0.25, 0.3) is 0 Å². The molecule has 1 aromatic heterocycles. The predicted molar refractivity (Wildman–Crippen MR) is 61.7 cm³/mol. The van der Waals surface area contributed by atoms with Crippen LogP contribution in [0.15, 0.2) is 52.1 Å². The fourth-order valence-corrected chi connectivity index (χ4v) is 1.55. The third-order valence-corrected chi connectivity index (χ3v) is 2.59. The summed E-state index contributed by atoms with van der Waals surface area (Å²) in [6.07, 6.45) is 3.05. The smallest absolute Gasteiger partial charge is 0.253 e. The highest BCUT2D eigenvalue weighted by Crippen LogP contribution is 2.10. The lowest BCUT2D eigenvalue weighted by molar-refractivity contribution is 0.736. The van der Waals surface area contributed by atoms with Crippen LogP contribution in [0.2, 0.25) is 0 Å². The Kier molecular flexibility index (Phi) is 2.97. The molecule has 0 saturated heterocycles. The molecule has 2 rings (SSSR count). The van der Waals surface area contributed by atoms with Crippen LogP contribution < -0.4 is 5.56 Å². The highest BCUT2D eigenvalue weighted by molar-refractivity contribution is 9.10. The van der Waals surface area contributed by atoms with E-state index >= 15 is 0 Å². The number of rotatable bonds is 2. The van der Waals surface area contributed by atoms with E-state index in [2.05, 4.69) is 20.9 Å². The van der Waals surface area contributed by atoms with Crippen LogP contribution in [-0.4, -0.2) is 9.55 Å². The largest absolute Gasteiger partial charge is 0.295 e. The van der Waals surface area contributed by atoms with Gasteiger partial charge in [0.2, 0.25) is 0 Å². The lowest BCUT2D eigenvalue weighted by Gasteiger charge is -2.04. The molecule has 0 bridgehead atoms. The van der Waals surface area contributed by atoms with Crippen molar-refractivity contribution < 1.29 is 0 Å². The molecule has 0 aliphatic heterocycles. The lowest BCUT2D eigenvalue weighted by Crippen LogP contribution is -2.19. The third kappa shape index (κ3) is 2.53. The summed E-state index contributed by atoms with van der Waals surface area (Å²) in [5.74, 6) is 0. The average molecular weight is 265 g/mol. The Balaban J connectivity index is 2.26. The third-order valence-electron chi connectivity index (χ3n) is 2.06. The van der Waals surface area contributed by atoms with E-state index in [1.165, 1.54) is 12.3 Å². The summed E-state index contributed by atoms with van der Waals surface area (Å²) in [6, 6.07) is 9.32. The summed E-state index contributed by atoms with van der Waals surface area (Å²) in [4.78, 5) is 15.3. The minimum atomic E-state index is -0.0343. The molecule has 1 aromatic carbocycles. The molecule has 76 valence electrons. The Bertz CT molecular complexity index is 504. The van der Waals surface area contributed by atoms with E-state index in [0.29, 0.717) is 6.54 Å². The number of hydrogen-bond donors (Lipinski definition) is 0. The highest BCUT2D eigenvalue weighted by atomic mass is 79.9. The number of hydrogen-bond acceptors (Lipinski definition) is 2. The van der Waals surface area contributed by atoms with Gasteiger partial charge in [-0.25, -0.2) is 4.98 Å². The fraction of sp³-hybridized carbons (Fsp3) is 0.0909. The summed E-state index contributed by atoms with van der Waals surface area (Å²) in [7, 11) is 0. The first-order valence-corrected chi connectivity index (χ1v) is 5.30. The monoisotopic (exact) mass is 264 g/mol. The van der Waals surface area contributed by atoms with Crippen LogP contribution in [-0.2, 0) is 6.54 Å². The van der Waals surface area contributed by atoms with E-state index in [4.69, 9.17) is 0 Å². The standard InChI is InChI=1S/C11H9BrN2O/c12-10-3-1-9(2-4-10)7-14-8-13-6-5-11(14)15/h1-6,8H,7H2. The first kappa shape index (κ1) is 10.1. The van der Waals surface area contributed by atoms with E-state index < -0.39 is 0 Å². The van der Waals surface area contributed by atoms with Gasteiger partial charge in [0.05, 0.1) is 12.9 Å².